The Morgan fingerprint density at radius 1 is 1.64 bits per heavy atom. The number of alkyl halides is 2. The van der Waals surface area contributed by atoms with E-state index in [4.69, 9.17) is 11.6 Å². The van der Waals surface area contributed by atoms with Crippen LogP contribution in [0.2, 0.25) is 5.02 Å². The first kappa shape index (κ1) is 11.3. The van der Waals surface area contributed by atoms with E-state index in [1.54, 1.807) is 0 Å². The number of hydrogen-bond acceptors (Lipinski definition) is 3. The number of aromatic nitrogens is 1. The lowest BCUT2D eigenvalue weighted by molar-refractivity contribution is -0.386. The molecule has 0 unspecified atom stereocenters. The lowest BCUT2D eigenvalue weighted by atomic mass is 10.2. The molecule has 0 amide bonds. The average molecular weight is 287 g/mol. The predicted molar refractivity (Wildman–Crippen MR) is 48.6 cm³/mol. The van der Waals surface area contributed by atoms with Crippen LogP contribution in [0.3, 0.4) is 0 Å². The Morgan fingerprint density at radius 3 is 2.64 bits per heavy atom. The third-order valence-corrected chi connectivity index (χ3v) is 2.62. The van der Waals surface area contributed by atoms with Crippen LogP contribution in [0.4, 0.5) is 14.5 Å². The topological polar surface area (TPSA) is 56.0 Å². The van der Waals surface area contributed by atoms with Gasteiger partial charge in [0.1, 0.15) is 16.4 Å². The van der Waals surface area contributed by atoms with Crippen LogP contribution in [0, 0.1) is 10.1 Å². The van der Waals surface area contributed by atoms with Gasteiger partial charge >= 0.3 is 0 Å². The lowest BCUT2D eigenvalue weighted by Crippen LogP contribution is -1.99. The Morgan fingerprint density at radius 2 is 2.21 bits per heavy atom. The summed E-state index contributed by atoms with van der Waals surface area (Å²) in [7, 11) is 0. The van der Waals surface area contributed by atoms with Gasteiger partial charge in [-0.2, -0.15) is 0 Å². The Kier molecular flexibility index (Phi) is 3.33. The van der Waals surface area contributed by atoms with Crippen LogP contribution in [0.5, 0.6) is 0 Å². The summed E-state index contributed by atoms with van der Waals surface area (Å²) in [5.74, 6) is 0. The molecule has 0 bridgehead atoms. The molecule has 8 heteroatoms. The van der Waals surface area contributed by atoms with Crippen LogP contribution in [-0.4, -0.2) is 9.91 Å². The molecule has 0 saturated carbocycles. The van der Waals surface area contributed by atoms with Crippen LogP contribution in [0.25, 0.3) is 0 Å². The minimum Gasteiger partial charge on any atom is -0.258 e. The fourth-order valence-corrected chi connectivity index (χ4v) is 1.36. The van der Waals surface area contributed by atoms with Crippen molar-refractivity contribution >= 4 is 33.2 Å². The zero-order chi connectivity index (χ0) is 10.9. The average Bonchev–Trinajstić information content (AvgIpc) is 2.08. The molecule has 1 aromatic rings. The smallest absolute Gasteiger partial charge is 0.258 e. The molecule has 0 saturated heterocycles. The van der Waals surface area contributed by atoms with Gasteiger partial charge in [-0.3, -0.25) is 10.1 Å². The van der Waals surface area contributed by atoms with Crippen molar-refractivity contribution < 1.29 is 13.7 Å². The first-order valence-corrected chi connectivity index (χ1v) is 4.38. The van der Waals surface area contributed by atoms with Gasteiger partial charge in [0.25, 0.3) is 12.1 Å². The largest absolute Gasteiger partial charge is 0.298 e. The fraction of sp³-hybridized carbons (Fsp3) is 0.167. The first-order chi connectivity index (χ1) is 6.45. The highest BCUT2D eigenvalue weighted by atomic mass is 79.9. The van der Waals surface area contributed by atoms with Crippen molar-refractivity contribution in [2.24, 2.45) is 0 Å². The predicted octanol–water partition coefficient (Wildman–Crippen LogP) is 3.34. The molecule has 14 heavy (non-hydrogen) atoms. The van der Waals surface area contributed by atoms with Crippen LogP contribution >= 0.6 is 27.5 Å². The third-order valence-electron chi connectivity index (χ3n) is 1.41. The molecule has 1 rings (SSSR count). The molecular weight excluding hydrogens is 285 g/mol. The van der Waals surface area contributed by atoms with Crippen LogP contribution in [0.1, 0.15) is 12.0 Å². The van der Waals surface area contributed by atoms with E-state index in [1.807, 2.05) is 0 Å². The highest BCUT2D eigenvalue weighted by Gasteiger charge is 2.27. The van der Waals surface area contributed by atoms with E-state index in [0.29, 0.717) is 0 Å². The highest BCUT2D eigenvalue weighted by Crippen LogP contribution is 2.37. The number of nitro groups is 1. The van der Waals surface area contributed by atoms with E-state index in [-0.39, 0.29) is 4.60 Å². The quantitative estimate of drug-likeness (QED) is 0.476. The SMILES string of the molecule is O=[N+]([O-])c1cnc(Br)c(Cl)c1C(F)F. The van der Waals surface area contributed by atoms with Crippen molar-refractivity contribution in [2.45, 2.75) is 6.43 Å². The molecule has 0 atom stereocenters. The number of halogens is 4. The maximum Gasteiger partial charge on any atom is 0.298 e. The molecule has 0 aliphatic rings. The minimum absolute atomic E-state index is 0.0416. The van der Waals surface area contributed by atoms with E-state index in [1.165, 1.54) is 0 Å². The zero-order valence-corrected chi connectivity index (χ0v) is 8.72. The summed E-state index contributed by atoms with van der Waals surface area (Å²) in [6, 6.07) is 0. The van der Waals surface area contributed by atoms with Crippen molar-refractivity contribution in [3.63, 3.8) is 0 Å². The van der Waals surface area contributed by atoms with Gasteiger partial charge in [-0.05, 0) is 15.9 Å². The summed E-state index contributed by atoms with van der Waals surface area (Å²) >= 11 is 8.24. The molecule has 0 aliphatic carbocycles. The molecule has 1 aromatic heterocycles. The van der Waals surface area contributed by atoms with Gasteiger partial charge in [0, 0.05) is 0 Å². The molecule has 0 N–H and O–H groups in total. The Labute approximate surface area is 90.2 Å². The van der Waals surface area contributed by atoms with E-state index in [0.717, 1.165) is 6.20 Å². The van der Waals surface area contributed by atoms with Gasteiger partial charge in [0.2, 0.25) is 0 Å². The Bertz CT molecular complexity index is 388. The fourth-order valence-electron chi connectivity index (χ4n) is 0.821. The van der Waals surface area contributed by atoms with Crippen molar-refractivity contribution in [1.29, 1.82) is 0 Å². The van der Waals surface area contributed by atoms with E-state index in [9.17, 15) is 18.9 Å². The van der Waals surface area contributed by atoms with Crippen LogP contribution in [0.15, 0.2) is 10.8 Å². The van der Waals surface area contributed by atoms with E-state index < -0.39 is 27.6 Å². The standard InChI is InChI=1S/C6H2BrClF2N2O2/c7-5-4(8)3(6(9)10)2(1-11-5)12(13)14/h1,6H. The third kappa shape index (κ3) is 1.98. The van der Waals surface area contributed by atoms with Crippen LogP contribution in [-0.2, 0) is 0 Å². The monoisotopic (exact) mass is 286 g/mol. The van der Waals surface area contributed by atoms with Gasteiger partial charge in [-0.1, -0.05) is 11.6 Å². The second-order valence-corrected chi connectivity index (χ2v) is 3.35. The van der Waals surface area contributed by atoms with Crippen molar-refractivity contribution in [2.75, 3.05) is 0 Å². The van der Waals surface area contributed by atoms with Gasteiger partial charge in [0.15, 0.2) is 0 Å². The van der Waals surface area contributed by atoms with Gasteiger partial charge in [-0.15, -0.1) is 0 Å². The summed E-state index contributed by atoms with van der Waals surface area (Å²) in [6.45, 7) is 0. The first-order valence-electron chi connectivity index (χ1n) is 3.21. The van der Waals surface area contributed by atoms with Gasteiger partial charge in [-0.25, -0.2) is 13.8 Å². The van der Waals surface area contributed by atoms with Gasteiger partial charge < -0.3 is 0 Å². The number of pyridine rings is 1. The normalized spacial score (nSPS) is 10.6. The lowest BCUT2D eigenvalue weighted by Gasteiger charge is -2.04. The molecule has 76 valence electrons. The Hall–Kier alpha value is -0.820. The maximum absolute atomic E-state index is 12.4. The molecule has 0 radical (unpaired) electrons. The van der Waals surface area contributed by atoms with Gasteiger partial charge in [0.05, 0.1) is 9.95 Å². The molecular formula is C6H2BrClF2N2O2. The summed E-state index contributed by atoms with van der Waals surface area (Å²) < 4.78 is 24.7. The highest BCUT2D eigenvalue weighted by molar-refractivity contribution is 9.10. The summed E-state index contributed by atoms with van der Waals surface area (Å²) in [5.41, 5.74) is -1.60. The molecule has 0 fully saturated rings. The zero-order valence-electron chi connectivity index (χ0n) is 6.38. The number of rotatable bonds is 2. The molecule has 4 nitrogen and oxygen atoms in total. The summed E-state index contributed by atoms with van der Waals surface area (Å²) in [4.78, 5) is 12.8. The number of nitrogens with zero attached hydrogens (tertiary/aromatic N) is 2. The molecule has 0 aliphatic heterocycles. The second-order valence-electron chi connectivity index (χ2n) is 2.22. The maximum atomic E-state index is 12.4. The summed E-state index contributed by atoms with van der Waals surface area (Å²) in [6.07, 6.45) is -2.28. The summed E-state index contributed by atoms with van der Waals surface area (Å²) in [5, 5.41) is 9.91. The molecule has 0 spiro atoms. The molecule has 1 heterocycles. The Balaban J connectivity index is 3.45. The second kappa shape index (κ2) is 4.14. The molecule has 0 aromatic carbocycles. The van der Waals surface area contributed by atoms with Crippen molar-refractivity contribution in [3.8, 4) is 0 Å². The minimum atomic E-state index is -3.01. The van der Waals surface area contributed by atoms with E-state index in [2.05, 4.69) is 20.9 Å². The van der Waals surface area contributed by atoms with E-state index >= 15 is 0 Å². The number of hydrogen-bond donors (Lipinski definition) is 0. The van der Waals surface area contributed by atoms with Crippen molar-refractivity contribution in [1.82, 2.24) is 4.98 Å². The van der Waals surface area contributed by atoms with Crippen molar-refractivity contribution in [3.05, 3.63) is 31.5 Å². The van der Waals surface area contributed by atoms with Crippen LogP contribution < -0.4 is 0 Å².